The Morgan fingerprint density at radius 3 is 2.90 bits per heavy atom. The Morgan fingerprint density at radius 2 is 2.15 bits per heavy atom. The minimum Gasteiger partial charge on any atom is -0.338 e. The molecular weight excluding hydrogens is 250 g/mol. The third-order valence-corrected chi connectivity index (χ3v) is 4.81. The fourth-order valence-corrected chi connectivity index (χ4v) is 3.46. The summed E-state index contributed by atoms with van der Waals surface area (Å²) in [5, 5.41) is 0. The molecule has 4 nitrogen and oxygen atoms in total. The molecule has 1 aromatic heterocycles. The highest BCUT2D eigenvalue weighted by molar-refractivity contribution is 5.79. The number of fused-ring (bicyclic) bond motifs is 1. The van der Waals surface area contributed by atoms with E-state index in [9.17, 15) is 4.79 Å². The van der Waals surface area contributed by atoms with Gasteiger partial charge in [-0.2, -0.15) is 0 Å². The van der Waals surface area contributed by atoms with Gasteiger partial charge in [0.25, 0.3) is 0 Å². The van der Waals surface area contributed by atoms with Crippen LogP contribution in [0.25, 0.3) is 0 Å². The summed E-state index contributed by atoms with van der Waals surface area (Å²) in [6.07, 6.45) is 6.97. The van der Waals surface area contributed by atoms with Crippen molar-refractivity contribution in [1.29, 1.82) is 0 Å². The molecule has 108 valence electrons. The van der Waals surface area contributed by atoms with Crippen molar-refractivity contribution in [3.63, 3.8) is 0 Å². The zero-order valence-electron chi connectivity index (χ0n) is 11.9. The standard InChI is InChI=1S/C16H23N3O/c17-10-12-3-5-13(6-4-12)16(20)19-9-7-15-14(11-19)2-1-8-18-15/h1-2,8,12-13H,3-7,9-11,17H2. The molecule has 2 N–H and O–H groups in total. The number of carbonyl (C=O) groups is 1. The molecule has 0 unspecified atom stereocenters. The largest absolute Gasteiger partial charge is 0.338 e. The number of hydrogen-bond donors (Lipinski definition) is 1. The van der Waals surface area contributed by atoms with Gasteiger partial charge < -0.3 is 10.6 Å². The SMILES string of the molecule is NCC1CCC(C(=O)N2CCc3ncccc3C2)CC1. The van der Waals surface area contributed by atoms with E-state index in [1.165, 1.54) is 5.56 Å². The van der Waals surface area contributed by atoms with Gasteiger partial charge in [0.15, 0.2) is 0 Å². The van der Waals surface area contributed by atoms with Crippen LogP contribution in [-0.4, -0.2) is 28.9 Å². The van der Waals surface area contributed by atoms with Crippen molar-refractivity contribution in [3.8, 4) is 0 Å². The van der Waals surface area contributed by atoms with Gasteiger partial charge in [0, 0.05) is 37.3 Å². The van der Waals surface area contributed by atoms with Gasteiger partial charge in [-0.1, -0.05) is 6.07 Å². The zero-order chi connectivity index (χ0) is 13.9. The number of rotatable bonds is 2. The first-order valence-corrected chi connectivity index (χ1v) is 7.69. The van der Waals surface area contributed by atoms with Crippen LogP contribution in [0.4, 0.5) is 0 Å². The number of nitrogens with two attached hydrogens (primary N) is 1. The summed E-state index contributed by atoms with van der Waals surface area (Å²) >= 11 is 0. The van der Waals surface area contributed by atoms with Crippen LogP contribution in [0.15, 0.2) is 18.3 Å². The van der Waals surface area contributed by atoms with E-state index in [1.807, 2.05) is 17.2 Å². The molecule has 4 heteroatoms. The summed E-state index contributed by atoms with van der Waals surface area (Å²) in [5.41, 5.74) is 8.09. The molecule has 0 saturated heterocycles. The first kappa shape index (κ1) is 13.6. The number of pyridine rings is 1. The second-order valence-electron chi connectivity index (χ2n) is 6.07. The van der Waals surface area contributed by atoms with Crippen molar-refractivity contribution in [3.05, 3.63) is 29.6 Å². The average Bonchev–Trinajstić information content (AvgIpc) is 2.54. The third kappa shape index (κ3) is 2.70. The van der Waals surface area contributed by atoms with Gasteiger partial charge >= 0.3 is 0 Å². The maximum Gasteiger partial charge on any atom is 0.225 e. The number of carbonyl (C=O) groups excluding carboxylic acids is 1. The third-order valence-electron chi connectivity index (χ3n) is 4.81. The smallest absolute Gasteiger partial charge is 0.225 e. The van der Waals surface area contributed by atoms with E-state index < -0.39 is 0 Å². The van der Waals surface area contributed by atoms with E-state index >= 15 is 0 Å². The normalized spacial score (nSPS) is 26.1. The molecule has 1 aromatic rings. The monoisotopic (exact) mass is 273 g/mol. The first-order chi connectivity index (χ1) is 9.78. The number of nitrogens with zero attached hydrogens (tertiary/aromatic N) is 2. The first-order valence-electron chi connectivity index (χ1n) is 7.69. The molecule has 0 bridgehead atoms. The van der Waals surface area contributed by atoms with Crippen molar-refractivity contribution in [2.45, 2.75) is 38.6 Å². The highest BCUT2D eigenvalue weighted by Crippen LogP contribution is 2.30. The highest BCUT2D eigenvalue weighted by Gasteiger charge is 2.30. The lowest BCUT2D eigenvalue weighted by Gasteiger charge is -2.34. The molecule has 1 aliphatic heterocycles. The molecule has 0 atom stereocenters. The molecule has 2 aliphatic rings. The van der Waals surface area contributed by atoms with Crippen LogP contribution in [-0.2, 0) is 17.8 Å². The Balaban J connectivity index is 1.62. The van der Waals surface area contributed by atoms with Crippen molar-refractivity contribution in [2.75, 3.05) is 13.1 Å². The number of hydrogen-bond acceptors (Lipinski definition) is 3. The Bertz CT molecular complexity index is 480. The molecule has 1 saturated carbocycles. The molecular formula is C16H23N3O. The molecule has 1 amide bonds. The maximum absolute atomic E-state index is 12.6. The molecule has 0 aromatic carbocycles. The quantitative estimate of drug-likeness (QED) is 0.892. The van der Waals surface area contributed by atoms with Crippen LogP contribution >= 0.6 is 0 Å². The fourth-order valence-electron chi connectivity index (χ4n) is 3.46. The van der Waals surface area contributed by atoms with Gasteiger partial charge in [-0.3, -0.25) is 9.78 Å². The summed E-state index contributed by atoms with van der Waals surface area (Å²) < 4.78 is 0. The van der Waals surface area contributed by atoms with Crippen LogP contribution in [0.5, 0.6) is 0 Å². The predicted molar refractivity (Wildman–Crippen MR) is 77.9 cm³/mol. The average molecular weight is 273 g/mol. The lowest BCUT2D eigenvalue weighted by Crippen LogP contribution is -2.41. The maximum atomic E-state index is 12.6. The van der Waals surface area contributed by atoms with E-state index in [2.05, 4.69) is 11.1 Å². The van der Waals surface area contributed by atoms with Crippen LogP contribution < -0.4 is 5.73 Å². The van der Waals surface area contributed by atoms with Gasteiger partial charge in [0.05, 0.1) is 0 Å². The summed E-state index contributed by atoms with van der Waals surface area (Å²) in [5.74, 6) is 1.19. The van der Waals surface area contributed by atoms with Gasteiger partial charge in [0.1, 0.15) is 0 Å². The van der Waals surface area contributed by atoms with E-state index in [0.29, 0.717) is 11.8 Å². The highest BCUT2D eigenvalue weighted by atomic mass is 16.2. The molecule has 0 spiro atoms. The number of amides is 1. The molecule has 3 rings (SSSR count). The van der Waals surface area contributed by atoms with Crippen LogP contribution in [0.1, 0.15) is 36.9 Å². The van der Waals surface area contributed by atoms with E-state index in [1.54, 1.807) is 0 Å². The minimum absolute atomic E-state index is 0.219. The molecule has 0 radical (unpaired) electrons. The van der Waals surface area contributed by atoms with Crippen LogP contribution in [0.3, 0.4) is 0 Å². The Kier molecular flexibility index (Phi) is 4.01. The molecule has 2 heterocycles. The Hall–Kier alpha value is -1.42. The lowest BCUT2D eigenvalue weighted by atomic mass is 9.81. The van der Waals surface area contributed by atoms with Crippen LogP contribution in [0.2, 0.25) is 0 Å². The topological polar surface area (TPSA) is 59.2 Å². The Morgan fingerprint density at radius 1 is 1.35 bits per heavy atom. The second-order valence-corrected chi connectivity index (χ2v) is 6.07. The summed E-state index contributed by atoms with van der Waals surface area (Å²) in [7, 11) is 0. The van der Waals surface area contributed by atoms with Crippen molar-refractivity contribution in [1.82, 2.24) is 9.88 Å². The second kappa shape index (κ2) is 5.92. The van der Waals surface area contributed by atoms with Crippen molar-refractivity contribution >= 4 is 5.91 Å². The van der Waals surface area contributed by atoms with Gasteiger partial charge in [-0.05, 0) is 49.8 Å². The lowest BCUT2D eigenvalue weighted by molar-refractivity contribution is -0.137. The summed E-state index contributed by atoms with van der Waals surface area (Å²) in [6, 6.07) is 4.05. The summed E-state index contributed by atoms with van der Waals surface area (Å²) in [4.78, 5) is 19.1. The van der Waals surface area contributed by atoms with E-state index in [-0.39, 0.29) is 5.92 Å². The minimum atomic E-state index is 0.219. The van der Waals surface area contributed by atoms with Gasteiger partial charge in [-0.15, -0.1) is 0 Å². The molecule has 1 aliphatic carbocycles. The molecule has 1 fully saturated rings. The summed E-state index contributed by atoms with van der Waals surface area (Å²) in [6.45, 7) is 2.32. The number of aromatic nitrogens is 1. The van der Waals surface area contributed by atoms with E-state index in [0.717, 1.165) is 57.4 Å². The van der Waals surface area contributed by atoms with Gasteiger partial charge in [0.2, 0.25) is 5.91 Å². The predicted octanol–water partition coefficient (Wildman–Crippen LogP) is 1.73. The fraction of sp³-hybridized carbons (Fsp3) is 0.625. The van der Waals surface area contributed by atoms with Crippen molar-refractivity contribution < 1.29 is 4.79 Å². The van der Waals surface area contributed by atoms with Crippen LogP contribution in [0, 0.1) is 11.8 Å². The zero-order valence-corrected chi connectivity index (χ0v) is 11.9. The van der Waals surface area contributed by atoms with Gasteiger partial charge in [-0.25, -0.2) is 0 Å². The van der Waals surface area contributed by atoms with Crippen molar-refractivity contribution in [2.24, 2.45) is 17.6 Å². The Labute approximate surface area is 120 Å². The molecule has 20 heavy (non-hydrogen) atoms. The van der Waals surface area contributed by atoms with E-state index in [4.69, 9.17) is 5.73 Å².